The fourth-order valence-corrected chi connectivity index (χ4v) is 3.19. The third-order valence-corrected chi connectivity index (χ3v) is 4.76. The van der Waals surface area contributed by atoms with E-state index in [1.165, 1.54) is 4.90 Å². The summed E-state index contributed by atoms with van der Waals surface area (Å²) in [6, 6.07) is 11.4. The van der Waals surface area contributed by atoms with E-state index in [9.17, 15) is 9.59 Å². The molecule has 1 atom stereocenters. The minimum Gasteiger partial charge on any atom is -0.355 e. The maximum absolute atomic E-state index is 12.9. The van der Waals surface area contributed by atoms with Gasteiger partial charge in [-0.2, -0.15) is 0 Å². The Morgan fingerprint density at radius 3 is 2.64 bits per heavy atom. The lowest BCUT2D eigenvalue weighted by Gasteiger charge is -2.25. The van der Waals surface area contributed by atoms with Crippen LogP contribution in [-0.4, -0.2) is 24.5 Å². The van der Waals surface area contributed by atoms with Gasteiger partial charge in [-0.25, -0.2) is 4.79 Å². The average molecular weight is 378 g/mol. The molecule has 0 saturated heterocycles. The highest BCUT2D eigenvalue weighted by atomic mass is 35.5. The number of amides is 3. The van der Waals surface area contributed by atoms with E-state index in [-0.39, 0.29) is 11.9 Å². The summed E-state index contributed by atoms with van der Waals surface area (Å²) in [5.74, 6) is -0.178. The number of benzene rings is 2. The van der Waals surface area contributed by atoms with Crippen LogP contribution in [0.2, 0.25) is 10.0 Å². The molecule has 0 bridgehead atoms. The molecule has 2 N–H and O–H groups in total. The van der Waals surface area contributed by atoms with Crippen LogP contribution in [0.4, 0.5) is 16.2 Å². The minimum absolute atomic E-state index is 0.178. The number of halogens is 2. The first-order chi connectivity index (χ1) is 12.0. The third kappa shape index (κ3) is 3.57. The molecule has 1 aliphatic heterocycles. The summed E-state index contributed by atoms with van der Waals surface area (Å²) >= 11 is 11.9. The Balaban J connectivity index is 1.88. The summed E-state index contributed by atoms with van der Waals surface area (Å²) in [5.41, 5.74) is 2.21. The molecule has 2 aromatic carbocycles. The lowest BCUT2D eigenvalue weighted by atomic mass is 10.1. The Kier molecular flexibility index (Phi) is 5.16. The van der Waals surface area contributed by atoms with E-state index < -0.39 is 6.04 Å². The number of nitrogens with zero attached hydrogens (tertiary/aromatic N) is 1. The first-order valence-corrected chi connectivity index (χ1v) is 8.67. The Morgan fingerprint density at radius 2 is 1.92 bits per heavy atom. The molecule has 5 nitrogen and oxygen atoms in total. The summed E-state index contributed by atoms with van der Waals surface area (Å²) < 4.78 is 0. The normalized spacial score (nSPS) is 15.6. The van der Waals surface area contributed by atoms with Gasteiger partial charge in [0.2, 0.25) is 5.91 Å². The van der Waals surface area contributed by atoms with Gasteiger partial charge in [-0.05, 0) is 36.8 Å². The van der Waals surface area contributed by atoms with Crippen molar-refractivity contribution in [2.45, 2.75) is 19.4 Å². The van der Waals surface area contributed by atoms with Crippen LogP contribution in [0, 0.1) is 0 Å². The topological polar surface area (TPSA) is 61.4 Å². The molecule has 3 rings (SSSR count). The fraction of sp³-hybridized carbons (Fsp3) is 0.222. The first kappa shape index (κ1) is 17.6. The quantitative estimate of drug-likeness (QED) is 0.845. The zero-order valence-corrected chi connectivity index (χ0v) is 15.1. The second-order valence-electron chi connectivity index (χ2n) is 5.67. The van der Waals surface area contributed by atoms with E-state index in [1.807, 2.05) is 31.2 Å². The maximum atomic E-state index is 12.9. The van der Waals surface area contributed by atoms with E-state index in [0.717, 1.165) is 11.3 Å². The van der Waals surface area contributed by atoms with Gasteiger partial charge in [0.25, 0.3) is 0 Å². The second-order valence-corrected chi connectivity index (χ2v) is 6.49. The smallest absolute Gasteiger partial charge is 0.327 e. The minimum atomic E-state index is -0.583. The van der Waals surface area contributed by atoms with Crippen molar-refractivity contribution < 1.29 is 9.59 Å². The Morgan fingerprint density at radius 1 is 1.16 bits per heavy atom. The number of likely N-dealkylation sites (N-methyl/N-ethyl adjacent to an activating group) is 1. The van der Waals surface area contributed by atoms with Gasteiger partial charge in [-0.3, -0.25) is 9.69 Å². The van der Waals surface area contributed by atoms with Crippen LogP contribution in [-0.2, 0) is 11.2 Å². The third-order valence-electron chi connectivity index (χ3n) is 4.02. The van der Waals surface area contributed by atoms with Gasteiger partial charge in [0, 0.05) is 24.3 Å². The number of urea groups is 1. The molecule has 3 amide bonds. The van der Waals surface area contributed by atoms with Crippen molar-refractivity contribution in [3.63, 3.8) is 0 Å². The van der Waals surface area contributed by atoms with Gasteiger partial charge >= 0.3 is 6.03 Å². The van der Waals surface area contributed by atoms with Gasteiger partial charge in [0.15, 0.2) is 0 Å². The zero-order chi connectivity index (χ0) is 18.0. The predicted octanol–water partition coefficient (Wildman–Crippen LogP) is 4.09. The van der Waals surface area contributed by atoms with Crippen LogP contribution < -0.4 is 15.5 Å². The van der Waals surface area contributed by atoms with Crippen molar-refractivity contribution in [1.82, 2.24) is 5.32 Å². The van der Waals surface area contributed by atoms with Crippen molar-refractivity contribution in [1.29, 1.82) is 0 Å². The number of fused-ring (bicyclic) bond motifs is 1. The van der Waals surface area contributed by atoms with Gasteiger partial charge in [0.1, 0.15) is 6.04 Å². The molecule has 2 aromatic rings. The van der Waals surface area contributed by atoms with E-state index >= 15 is 0 Å². The summed E-state index contributed by atoms with van der Waals surface area (Å²) in [5, 5.41) is 6.33. The molecule has 0 aromatic heterocycles. The number of hydrogen-bond acceptors (Lipinski definition) is 2. The average Bonchev–Trinajstić information content (AvgIpc) is 2.98. The first-order valence-electron chi connectivity index (χ1n) is 7.92. The van der Waals surface area contributed by atoms with Crippen molar-refractivity contribution in [3.8, 4) is 0 Å². The number of rotatable bonds is 3. The second kappa shape index (κ2) is 7.33. The molecule has 0 aliphatic carbocycles. The van der Waals surface area contributed by atoms with Crippen molar-refractivity contribution >= 4 is 46.5 Å². The number of carbonyl (C=O) groups is 2. The molecule has 25 heavy (non-hydrogen) atoms. The highest BCUT2D eigenvalue weighted by Gasteiger charge is 2.38. The monoisotopic (exact) mass is 377 g/mol. The highest BCUT2D eigenvalue weighted by Crippen LogP contribution is 2.33. The van der Waals surface area contributed by atoms with Gasteiger partial charge in [0.05, 0.1) is 10.0 Å². The molecule has 0 radical (unpaired) electrons. The largest absolute Gasteiger partial charge is 0.355 e. The molecule has 7 heteroatoms. The maximum Gasteiger partial charge on any atom is 0.327 e. The SMILES string of the molecule is CCNC(=O)C1Cc2ccccc2N1C(=O)Nc1ccc(Cl)c(Cl)c1. The van der Waals surface area contributed by atoms with Crippen LogP contribution in [0.5, 0.6) is 0 Å². The molecule has 1 heterocycles. The number of hydrogen-bond donors (Lipinski definition) is 2. The molecule has 0 fully saturated rings. The Bertz CT molecular complexity index is 826. The van der Waals surface area contributed by atoms with Crippen molar-refractivity contribution in [2.75, 3.05) is 16.8 Å². The van der Waals surface area contributed by atoms with E-state index in [2.05, 4.69) is 10.6 Å². The molecule has 1 aliphatic rings. The number of para-hydroxylation sites is 1. The van der Waals surface area contributed by atoms with E-state index in [4.69, 9.17) is 23.2 Å². The number of anilines is 2. The summed E-state index contributed by atoms with van der Waals surface area (Å²) in [6.07, 6.45) is 0.483. The Labute approximate surface area is 155 Å². The zero-order valence-electron chi connectivity index (χ0n) is 13.6. The van der Waals surface area contributed by atoms with Crippen molar-refractivity contribution in [3.05, 3.63) is 58.1 Å². The fourth-order valence-electron chi connectivity index (χ4n) is 2.90. The highest BCUT2D eigenvalue weighted by molar-refractivity contribution is 6.42. The molecule has 130 valence electrons. The molecular formula is C18H17Cl2N3O2. The molecular weight excluding hydrogens is 361 g/mol. The van der Waals surface area contributed by atoms with Crippen LogP contribution in [0.25, 0.3) is 0 Å². The van der Waals surface area contributed by atoms with Crippen LogP contribution >= 0.6 is 23.2 Å². The van der Waals surface area contributed by atoms with Gasteiger partial charge in [-0.1, -0.05) is 41.4 Å². The van der Waals surface area contributed by atoms with Crippen molar-refractivity contribution in [2.24, 2.45) is 0 Å². The lowest BCUT2D eigenvalue weighted by Crippen LogP contribution is -2.49. The number of nitrogens with one attached hydrogen (secondary N) is 2. The summed E-state index contributed by atoms with van der Waals surface area (Å²) in [7, 11) is 0. The lowest BCUT2D eigenvalue weighted by molar-refractivity contribution is -0.122. The standard InChI is InChI=1S/C18H17Cl2N3O2/c1-2-21-17(24)16-9-11-5-3-4-6-15(11)23(16)18(25)22-12-7-8-13(19)14(20)10-12/h3-8,10,16H,2,9H2,1H3,(H,21,24)(H,22,25). The molecule has 0 saturated carbocycles. The molecule has 1 unspecified atom stereocenters. The van der Waals surface area contributed by atoms with Gasteiger partial charge in [-0.15, -0.1) is 0 Å². The van der Waals surface area contributed by atoms with E-state index in [1.54, 1.807) is 18.2 Å². The van der Waals surface area contributed by atoms with Crippen LogP contribution in [0.15, 0.2) is 42.5 Å². The summed E-state index contributed by atoms with van der Waals surface area (Å²) in [6.45, 7) is 2.36. The summed E-state index contributed by atoms with van der Waals surface area (Å²) in [4.78, 5) is 26.7. The van der Waals surface area contributed by atoms with Crippen LogP contribution in [0.3, 0.4) is 0 Å². The predicted molar refractivity (Wildman–Crippen MR) is 101 cm³/mol. The molecule has 0 spiro atoms. The number of carbonyl (C=O) groups excluding carboxylic acids is 2. The van der Waals surface area contributed by atoms with Crippen LogP contribution in [0.1, 0.15) is 12.5 Å². The Hall–Kier alpha value is -2.24. The van der Waals surface area contributed by atoms with Gasteiger partial charge < -0.3 is 10.6 Å². The van der Waals surface area contributed by atoms with E-state index in [0.29, 0.717) is 28.7 Å².